The number of rotatable bonds is 2. The predicted molar refractivity (Wildman–Crippen MR) is 70.8 cm³/mol. The first-order chi connectivity index (χ1) is 8.25. The summed E-state index contributed by atoms with van der Waals surface area (Å²) < 4.78 is 1.03. The van der Waals surface area contributed by atoms with E-state index in [1.807, 2.05) is 29.2 Å². The van der Waals surface area contributed by atoms with Crippen molar-refractivity contribution >= 4 is 22.0 Å². The molecule has 0 atom stereocenters. The van der Waals surface area contributed by atoms with Gasteiger partial charge in [-0.25, -0.2) is 4.79 Å². The molecule has 1 fully saturated rings. The minimum absolute atomic E-state index is 0.0199. The van der Waals surface area contributed by atoms with Crippen LogP contribution in [0.5, 0.6) is 0 Å². The topological polar surface area (TPSA) is 44.4 Å². The Morgan fingerprint density at radius 3 is 2.88 bits per heavy atom. The zero-order valence-electron chi connectivity index (χ0n) is 9.58. The van der Waals surface area contributed by atoms with E-state index in [9.17, 15) is 4.79 Å². The van der Waals surface area contributed by atoms with Crippen molar-refractivity contribution in [3.63, 3.8) is 0 Å². The summed E-state index contributed by atoms with van der Waals surface area (Å²) in [6.45, 7) is 3.89. The molecule has 0 bridgehead atoms. The lowest BCUT2D eigenvalue weighted by atomic mass is 10.2. The molecule has 1 saturated heterocycles. The molecule has 1 heterocycles. The fraction of sp³-hybridized carbons (Fsp3) is 0.417. The number of carbonyl (C=O) groups excluding carboxylic acids is 1. The molecular formula is C12H16BrN3O. The van der Waals surface area contributed by atoms with Crippen molar-refractivity contribution < 1.29 is 4.79 Å². The highest BCUT2D eigenvalue weighted by atomic mass is 79.9. The number of nitrogens with one attached hydrogen (secondary N) is 2. The summed E-state index contributed by atoms with van der Waals surface area (Å²) in [4.78, 5) is 13.7. The Hall–Kier alpha value is -1.07. The Balaban J connectivity index is 1.83. The van der Waals surface area contributed by atoms with Crippen LogP contribution in [-0.4, -0.2) is 37.1 Å². The largest absolute Gasteiger partial charge is 0.334 e. The molecule has 1 aromatic carbocycles. The van der Waals surface area contributed by atoms with Gasteiger partial charge in [-0.1, -0.05) is 28.1 Å². The maximum absolute atomic E-state index is 11.8. The van der Waals surface area contributed by atoms with Crippen molar-refractivity contribution in [1.82, 2.24) is 15.5 Å². The quantitative estimate of drug-likeness (QED) is 0.870. The zero-order chi connectivity index (χ0) is 12.1. The molecule has 0 aliphatic carbocycles. The number of piperazine rings is 1. The van der Waals surface area contributed by atoms with Crippen LogP contribution in [0.3, 0.4) is 0 Å². The second kappa shape index (κ2) is 6.02. The monoisotopic (exact) mass is 297 g/mol. The summed E-state index contributed by atoms with van der Waals surface area (Å²) >= 11 is 3.41. The van der Waals surface area contributed by atoms with Gasteiger partial charge in [-0.3, -0.25) is 0 Å². The Labute approximate surface area is 110 Å². The Morgan fingerprint density at radius 1 is 1.41 bits per heavy atom. The van der Waals surface area contributed by atoms with E-state index in [2.05, 4.69) is 26.6 Å². The number of halogens is 1. The molecule has 2 rings (SSSR count). The molecule has 92 valence electrons. The van der Waals surface area contributed by atoms with Crippen LogP contribution >= 0.6 is 15.9 Å². The number of nitrogens with zero attached hydrogens (tertiary/aromatic N) is 1. The average Bonchev–Trinajstić information content (AvgIpc) is 2.37. The van der Waals surface area contributed by atoms with Crippen LogP contribution in [0.25, 0.3) is 0 Å². The molecule has 0 aromatic heterocycles. The molecule has 2 N–H and O–H groups in total. The van der Waals surface area contributed by atoms with E-state index >= 15 is 0 Å². The SMILES string of the molecule is O=C(NCc1cccc(Br)c1)N1CCNCC1. The maximum Gasteiger partial charge on any atom is 0.317 e. The smallest absolute Gasteiger partial charge is 0.317 e. The summed E-state index contributed by atoms with van der Waals surface area (Å²) in [5, 5.41) is 6.16. The number of carbonyl (C=O) groups is 1. The van der Waals surface area contributed by atoms with Crippen molar-refractivity contribution in [2.24, 2.45) is 0 Å². The standard InChI is InChI=1S/C12H16BrN3O/c13-11-3-1-2-10(8-11)9-15-12(17)16-6-4-14-5-7-16/h1-3,8,14H,4-7,9H2,(H,15,17). The second-order valence-corrected chi connectivity index (χ2v) is 4.94. The number of hydrogen-bond acceptors (Lipinski definition) is 2. The van der Waals surface area contributed by atoms with E-state index in [1.165, 1.54) is 0 Å². The van der Waals surface area contributed by atoms with Gasteiger partial charge in [-0.15, -0.1) is 0 Å². The second-order valence-electron chi connectivity index (χ2n) is 4.03. The number of hydrogen-bond donors (Lipinski definition) is 2. The molecule has 0 spiro atoms. The van der Waals surface area contributed by atoms with Crippen LogP contribution in [0.1, 0.15) is 5.56 Å². The van der Waals surface area contributed by atoms with Gasteiger partial charge in [-0.2, -0.15) is 0 Å². The minimum Gasteiger partial charge on any atom is -0.334 e. The average molecular weight is 298 g/mol. The molecule has 0 unspecified atom stereocenters. The van der Waals surface area contributed by atoms with Crippen LogP contribution < -0.4 is 10.6 Å². The summed E-state index contributed by atoms with van der Waals surface area (Å²) in [7, 11) is 0. The van der Waals surface area contributed by atoms with Gasteiger partial charge in [-0.05, 0) is 17.7 Å². The van der Waals surface area contributed by atoms with Gasteiger partial charge in [0.2, 0.25) is 0 Å². The van der Waals surface area contributed by atoms with Crippen molar-refractivity contribution in [1.29, 1.82) is 0 Å². The lowest BCUT2D eigenvalue weighted by molar-refractivity contribution is 0.190. The van der Waals surface area contributed by atoms with E-state index in [1.54, 1.807) is 0 Å². The van der Waals surface area contributed by atoms with Gasteiger partial charge in [0.25, 0.3) is 0 Å². The fourth-order valence-corrected chi connectivity index (χ4v) is 2.25. The van der Waals surface area contributed by atoms with E-state index in [4.69, 9.17) is 0 Å². The summed E-state index contributed by atoms with van der Waals surface area (Å²) in [5.41, 5.74) is 1.10. The molecule has 0 radical (unpaired) electrons. The molecular weight excluding hydrogens is 282 g/mol. The van der Waals surface area contributed by atoms with Crippen LogP contribution in [0.2, 0.25) is 0 Å². The Morgan fingerprint density at radius 2 is 2.18 bits per heavy atom. The van der Waals surface area contributed by atoms with Crippen LogP contribution in [-0.2, 0) is 6.54 Å². The zero-order valence-corrected chi connectivity index (χ0v) is 11.2. The molecule has 1 aromatic rings. The minimum atomic E-state index is 0.0199. The van der Waals surface area contributed by atoms with Crippen molar-refractivity contribution in [2.75, 3.05) is 26.2 Å². The number of amides is 2. The first-order valence-electron chi connectivity index (χ1n) is 5.73. The van der Waals surface area contributed by atoms with Crippen molar-refractivity contribution in [3.05, 3.63) is 34.3 Å². The fourth-order valence-electron chi connectivity index (χ4n) is 1.80. The third-order valence-electron chi connectivity index (χ3n) is 2.74. The predicted octanol–water partition coefficient (Wildman–Crippen LogP) is 1.56. The van der Waals surface area contributed by atoms with E-state index < -0.39 is 0 Å². The van der Waals surface area contributed by atoms with Gasteiger partial charge in [0.1, 0.15) is 0 Å². The molecule has 0 saturated carbocycles. The highest BCUT2D eigenvalue weighted by molar-refractivity contribution is 9.10. The lowest BCUT2D eigenvalue weighted by Crippen LogP contribution is -2.50. The molecule has 1 aliphatic rings. The molecule has 1 aliphatic heterocycles. The highest BCUT2D eigenvalue weighted by Crippen LogP contribution is 2.11. The Kier molecular flexibility index (Phi) is 4.39. The van der Waals surface area contributed by atoms with Gasteiger partial charge >= 0.3 is 6.03 Å². The van der Waals surface area contributed by atoms with Gasteiger partial charge in [0, 0.05) is 37.2 Å². The first-order valence-corrected chi connectivity index (χ1v) is 6.53. The van der Waals surface area contributed by atoms with Gasteiger partial charge in [0.05, 0.1) is 0 Å². The Bertz CT molecular complexity index is 391. The van der Waals surface area contributed by atoms with Crippen LogP contribution in [0.4, 0.5) is 4.79 Å². The number of benzene rings is 1. The van der Waals surface area contributed by atoms with Crippen LogP contribution in [0, 0.1) is 0 Å². The molecule has 4 nitrogen and oxygen atoms in total. The first kappa shape index (κ1) is 12.4. The van der Waals surface area contributed by atoms with Crippen molar-refractivity contribution in [2.45, 2.75) is 6.54 Å². The van der Waals surface area contributed by atoms with E-state index in [-0.39, 0.29) is 6.03 Å². The molecule has 2 amide bonds. The lowest BCUT2D eigenvalue weighted by Gasteiger charge is -2.27. The van der Waals surface area contributed by atoms with Crippen LogP contribution in [0.15, 0.2) is 28.7 Å². The number of urea groups is 1. The van der Waals surface area contributed by atoms with Crippen molar-refractivity contribution in [3.8, 4) is 0 Å². The normalized spacial score (nSPS) is 15.7. The van der Waals surface area contributed by atoms with E-state index in [0.717, 1.165) is 36.2 Å². The maximum atomic E-state index is 11.8. The van der Waals surface area contributed by atoms with Gasteiger partial charge < -0.3 is 15.5 Å². The highest BCUT2D eigenvalue weighted by Gasteiger charge is 2.15. The summed E-state index contributed by atoms with van der Waals surface area (Å²) in [5.74, 6) is 0. The summed E-state index contributed by atoms with van der Waals surface area (Å²) in [6, 6.07) is 7.98. The van der Waals surface area contributed by atoms with Gasteiger partial charge in [0.15, 0.2) is 0 Å². The molecule has 5 heteroatoms. The summed E-state index contributed by atoms with van der Waals surface area (Å²) in [6.07, 6.45) is 0. The third-order valence-corrected chi connectivity index (χ3v) is 3.23. The molecule has 17 heavy (non-hydrogen) atoms. The van der Waals surface area contributed by atoms with E-state index in [0.29, 0.717) is 6.54 Å². The third kappa shape index (κ3) is 3.71.